The molecule has 8 N–H and O–H groups in total. The number of rotatable bonds is 10. The third kappa shape index (κ3) is 9.65. The molecule has 0 amide bonds. The van der Waals surface area contributed by atoms with Gasteiger partial charge in [-0.2, -0.15) is 33.7 Å². The molecule has 0 unspecified atom stereocenters. The largest absolute Gasteiger partial charge is 0.332 e. The van der Waals surface area contributed by atoms with Crippen LogP contribution in [0.25, 0.3) is 33.7 Å². The average Bonchev–Trinajstić information content (AvgIpc) is 3.13. The van der Waals surface area contributed by atoms with Gasteiger partial charge in [-0.3, -0.25) is 18.2 Å². The maximum absolute atomic E-state index is 12.5. The van der Waals surface area contributed by atoms with Crippen LogP contribution in [0.5, 0.6) is 0 Å². The molecule has 0 radical (unpaired) electrons. The summed E-state index contributed by atoms with van der Waals surface area (Å²) in [6.45, 7) is 0. The highest BCUT2D eigenvalue weighted by molar-refractivity contribution is 7.86. The van der Waals surface area contributed by atoms with Crippen LogP contribution in [0, 0.1) is 0 Å². The van der Waals surface area contributed by atoms with Crippen LogP contribution in [-0.2, 0) is 40.5 Å². The molecular formula is C36H28N4O12S6. The van der Waals surface area contributed by atoms with Crippen molar-refractivity contribution in [2.75, 3.05) is 21.3 Å². The van der Waals surface area contributed by atoms with Gasteiger partial charge in [0.25, 0.3) is 40.5 Å². The second kappa shape index (κ2) is 16.1. The van der Waals surface area contributed by atoms with Crippen LogP contribution in [0.15, 0.2) is 129 Å². The second-order valence-corrected chi connectivity index (χ2v) is 18.6. The number of thiocarbonyl (C=S) groups is 2. The number of nitrogens with one attached hydrogen (secondary N) is 4. The maximum atomic E-state index is 12.5. The first-order valence-corrected chi connectivity index (χ1v) is 22.7. The van der Waals surface area contributed by atoms with E-state index in [2.05, 4.69) is 21.3 Å². The number of anilines is 4. The predicted molar refractivity (Wildman–Crippen MR) is 229 cm³/mol. The van der Waals surface area contributed by atoms with Crippen molar-refractivity contribution in [3.8, 4) is 0 Å². The molecule has 6 aromatic rings. The first kappa shape index (κ1) is 42.2. The van der Waals surface area contributed by atoms with E-state index >= 15 is 0 Å². The highest BCUT2D eigenvalue weighted by atomic mass is 32.2. The summed E-state index contributed by atoms with van der Waals surface area (Å²) in [7, 11) is -18.9. The van der Waals surface area contributed by atoms with E-state index in [1.807, 2.05) is 0 Å². The monoisotopic (exact) mass is 900 g/mol. The van der Waals surface area contributed by atoms with Gasteiger partial charge in [0.15, 0.2) is 10.2 Å². The molecule has 300 valence electrons. The van der Waals surface area contributed by atoms with Gasteiger partial charge in [0, 0.05) is 44.3 Å². The minimum absolute atomic E-state index is 0.0566. The third-order valence-electron chi connectivity index (χ3n) is 8.36. The second-order valence-electron chi connectivity index (χ2n) is 12.2. The molecule has 58 heavy (non-hydrogen) atoms. The Morgan fingerprint density at radius 3 is 1.07 bits per heavy atom. The number of benzene rings is 6. The van der Waals surface area contributed by atoms with Crippen molar-refractivity contribution in [2.45, 2.75) is 19.6 Å². The van der Waals surface area contributed by atoms with E-state index in [1.54, 1.807) is 36.4 Å². The molecule has 0 aliphatic carbocycles. The molecule has 0 saturated heterocycles. The molecule has 0 spiro atoms. The van der Waals surface area contributed by atoms with Crippen molar-refractivity contribution < 1.29 is 51.9 Å². The molecule has 0 aliphatic rings. The molecule has 0 bridgehead atoms. The van der Waals surface area contributed by atoms with Crippen LogP contribution in [0.4, 0.5) is 22.7 Å². The molecule has 0 aromatic heterocycles. The molecule has 16 nitrogen and oxygen atoms in total. The van der Waals surface area contributed by atoms with E-state index in [0.717, 1.165) is 12.1 Å². The van der Waals surface area contributed by atoms with Crippen molar-refractivity contribution in [3.63, 3.8) is 0 Å². The first-order valence-electron chi connectivity index (χ1n) is 16.2. The van der Waals surface area contributed by atoms with Crippen LogP contribution in [-0.4, -0.2) is 62.1 Å². The zero-order chi connectivity index (χ0) is 42.2. The molecule has 0 atom stereocenters. The minimum atomic E-state index is -4.89. The molecule has 6 rings (SSSR count). The predicted octanol–water partition coefficient (Wildman–Crippen LogP) is 6.77. The SMILES string of the molecule is O=S(=O)(O)c1cc(NC(=S)Nc2ccc(S(=O)(=O)O)c3ccccc23)ccc1C=Cc1ccc(NC(=S)Nc2ccc(S(=O)(=O)O)c3ccccc23)cc1S(=O)(=O)O. The summed E-state index contributed by atoms with van der Waals surface area (Å²) in [6, 6.07) is 25.3. The van der Waals surface area contributed by atoms with Gasteiger partial charge in [0.1, 0.15) is 19.6 Å². The zero-order valence-electron chi connectivity index (χ0n) is 29.1. The number of hydrogen-bond acceptors (Lipinski definition) is 10. The van der Waals surface area contributed by atoms with Crippen molar-refractivity contribution in [3.05, 3.63) is 120 Å². The Kier molecular flexibility index (Phi) is 11.7. The van der Waals surface area contributed by atoms with Gasteiger partial charge in [0.05, 0.1) is 0 Å². The van der Waals surface area contributed by atoms with Crippen LogP contribution in [0.3, 0.4) is 0 Å². The lowest BCUT2D eigenvalue weighted by atomic mass is 10.1. The van der Waals surface area contributed by atoms with Gasteiger partial charge in [-0.15, -0.1) is 0 Å². The summed E-state index contributed by atoms with van der Waals surface area (Å²) in [6.07, 6.45) is 2.38. The fourth-order valence-corrected chi connectivity index (χ4v) is 9.17. The van der Waals surface area contributed by atoms with E-state index < -0.39 is 50.3 Å². The van der Waals surface area contributed by atoms with E-state index in [4.69, 9.17) is 24.4 Å². The Hall–Kier alpha value is -5.40. The Morgan fingerprint density at radius 2 is 0.741 bits per heavy atom. The zero-order valence-corrected chi connectivity index (χ0v) is 34.0. The smallest absolute Gasteiger partial charge is 0.295 e. The molecule has 22 heteroatoms. The first-order chi connectivity index (χ1) is 27.1. The summed E-state index contributed by atoms with van der Waals surface area (Å²) in [5.74, 6) is 0. The third-order valence-corrected chi connectivity index (χ3v) is 12.4. The van der Waals surface area contributed by atoms with Gasteiger partial charge >= 0.3 is 0 Å². The average molecular weight is 901 g/mol. The van der Waals surface area contributed by atoms with Crippen LogP contribution in [0.1, 0.15) is 11.1 Å². The lowest BCUT2D eigenvalue weighted by Gasteiger charge is -2.15. The van der Waals surface area contributed by atoms with Gasteiger partial charge < -0.3 is 21.3 Å². The minimum Gasteiger partial charge on any atom is -0.332 e. The van der Waals surface area contributed by atoms with Gasteiger partial charge in [0.2, 0.25) is 0 Å². The van der Waals surface area contributed by atoms with Crippen molar-refractivity contribution in [1.29, 1.82) is 0 Å². The topological polar surface area (TPSA) is 266 Å². The molecular weight excluding hydrogens is 873 g/mol. The van der Waals surface area contributed by atoms with E-state index in [-0.39, 0.29) is 53.3 Å². The Bertz CT molecular complexity index is 2960. The summed E-state index contributed by atoms with van der Waals surface area (Å²) in [5, 5.41) is 12.4. The number of fused-ring (bicyclic) bond motifs is 2. The standard InChI is InChI=1S/C36H28N4O12S6/c41-55(42,43)31-17-15-29(25-5-1-3-7-27(25)31)39-35(53)37-23-13-11-21(33(19-23)57(47,48)49)9-10-22-12-14-24(20-34(22)58(50,51)52)38-36(54)40-30-16-18-32(56(44,45)46)28-8-4-2-6-26(28)30/h1-20H,(H2,37,39,53)(H2,38,40,54)(H,41,42,43)(H,44,45,46)(H,47,48,49)(H,50,51,52). The lowest BCUT2D eigenvalue weighted by Crippen LogP contribution is -2.19. The molecule has 0 aliphatic heterocycles. The Labute approximate surface area is 342 Å². The number of hydrogen-bond donors (Lipinski definition) is 8. The highest BCUT2D eigenvalue weighted by Crippen LogP contribution is 2.32. The van der Waals surface area contributed by atoms with Crippen molar-refractivity contribution >= 4 is 132 Å². The summed E-state index contributed by atoms with van der Waals surface area (Å²) in [4.78, 5) is -1.83. The summed E-state index contributed by atoms with van der Waals surface area (Å²) >= 11 is 10.8. The Morgan fingerprint density at radius 1 is 0.414 bits per heavy atom. The molecule has 0 fully saturated rings. The summed E-state index contributed by atoms with van der Waals surface area (Å²) in [5.41, 5.74) is 0.736. The quantitative estimate of drug-likeness (QED) is 0.0400. The Balaban J connectivity index is 1.22. The molecule has 6 aromatic carbocycles. The fourth-order valence-electron chi connectivity index (χ4n) is 5.91. The fraction of sp³-hybridized carbons (Fsp3) is 0. The van der Waals surface area contributed by atoms with Crippen LogP contribution < -0.4 is 21.3 Å². The van der Waals surface area contributed by atoms with Crippen LogP contribution >= 0.6 is 24.4 Å². The van der Waals surface area contributed by atoms with Crippen molar-refractivity contribution in [2.24, 2.45) is 0 Å². The lowest BCUT2D eigenvalue weighted by molar-refractivity contribution is 0.480. The van der Waals surface area contributed by atoms with E-state index in [0.29, 0.717) is 22.1 Å². The van der Waals surface area contributed by atoms with Gasteiger partial charge in [-0.1, -0.05) is 72.8 Å². The van der Waals surface area contributed by atoms with Gasteiger partial charge in [-0.05, 0) is 84.1 Å². The highest BCUT2D eigenvalue weighted by Gasteiger charge is 2.20. The maximum Gasteiger partial charge on any atom is 0.295 e. The normalized spacial score (nSPS) is 12.4. The summed E-state index contributed by atoms with van der Waals surface area (Å²) < 4.78 is 137. The van der Waals surface area contributed by atoms with E-state index in [1.165, 1.54) is 72.8 Å². The van der Waals surface area contributed by atoms with E-state index in [9.17, 15) is 51.9 Å². The van der Waals surface area contributed by atoms with Crippen molar-refractivity contribution in [1.82, 2.24) is 0 Å². The molecule has 0 heterocycles. The van der Waals surface area contributed by atoms with Crippen LogP contribution in [0.2, 0.25) is 0 Å². The molecule has 0 saturated carbocycles. The van der Waals surface area contributed by atoms with Gasteiger partial charge in [-0.25, -0.2) is 0 Å².